The monoisotopic (exact) mass is 276 g/mol. The standard InChI is InChI=1S/C19H20N2/c1-19(2)14-13-15-9-7-8-12-17(15)21(3)18(19)20-16-10-5-4-6-11-16/h4-14H,1-3H3. The Hall–Kier alpha value is -2.35. The molecule has 2 aromatic rings. The summed E-state index contributed by atoms with van der Waals surface area (Å²) in [6.45, 7) is 4.40. The number of hydrogen-bond donors (Lipinski definition) is 0. The van der Waals surface area contributed by atoms with Gasteiger partial charge in [-0.3, -0.25) is 0 Å². The van der Waals surface area contributed by atoms with Crippen LogP contribution in [0.1, 0.15) is 19.4 Å². The van der Waals surface area contributed by atoms with Crippen LogP contribution in [0.5, 0.6) is 0 Å². The Labute approximate surface area is 126 Å². The minimum Gasteiger partial charge on any atom is -0.332 e. The molecular formula is C19H20N2. The van der Waals surface area contributed by atoms with E-state index >= 15 is 0 Å². The van der Waals surface area contributed by atoms with E-state index in [2.05, 4.69) is 62.2 Å². The molecule has 2 heteroatoms. The summed E-state index contributed by atoms with van der Waals surface area (Å²) in [5.41, 5.74) is 3.28. The normalized spacial score (nSPS) is 18.4. The Morgan fingerprint density at radius 1 is 0.905 bits per heavy atom. The zero-order valence-corrected chi connectivity index (χ0v) is 12.7. The van der Waals surface area contributed by atoms with Gasteiger partial charge in [0.1, 0.15) is 5.84 Å². The number of hydrogen-bond acceptors (Lipinski definition) is 1. The first-order chi connectivity index (χ1) is 10.1. The Kier molecular flexibility index (Phi) is 3.38. The van der Waals surface area contributed by atoms with Gasteiger partial charge in [-0.05, 0) is 37.6 Å². The first-order valence-corrected chi connectivity index (χ1v) is 7.24. The van der Waals surface area contributed by atoms with Crippen LogP contribution >= 0.6 is 0 Å². The quantitative estimate of drug-likeness (QED) is 0.723. The molecule has 106 valence electrons. The largest absolute Gasteiger partial charge is 0.332 e. The van der Waals surface area contributed by atoms with Crippen molar-refractivity contribution in [1.82, 2.24) is 0 Å². The highest BCUT2D eigenvalue weighted by Crippen LogP contribution is 2.34. The maximum atomic E-state index is 4.90. The second-order valence-electron chi connectivity index (χ2n) is 5.94. The molecular weight excluding hydrogens is 256 g/mol. The first kappa shape index (κ1) is 13.6. The number of para-hydroxylation sites is 2. The number of nitrogens with zero attached hydrogens (tertiary/aromatic N) is 2. The molecule has 0 radical (unpaired) electrons. The van der Waals surface area contributed by atoms with Crippen molar-refractivity contribution in [3.8, 4) is 0 Å². The number of benzene rings is 2. The van der Waals surface area contributed by atoms with Crippen LogP contribution in [0.3, 0.4) is 0 Å². The minimum absolute atomic E-state index is 0.121. The van der Waals surface area contributed by atoms with Gasteiger partial charge in [-0.25, -0.2) is 4.99 Å². The second-order valence-corrected chi connectivity index (χ2v) is 5.94. The molecule has 0 atom stereocenters. The molecule has 0 spiro atoms. The van der Waals surface area contributed by atoms with Gasteiger partial charge in [0.2, 0.25) is 0 Å². The van der Waals surface area contributed by atoms with Crippen molar-refractivity contribution < 1.29 is 0 Å². The molecule has 0 amide bonds. The molecule has 0 saturated heterocycles. The molecule has 0 aromatic heterocycles. The van der Waals surface area contributed by atoms with Gasteiger partial charge in [-0.1, -0.05) is 48.6 Å². The maximum absolute atomic E-state index is 4.90. The number of rotatable bonds is 1. The Morgan fingerprint density at radius 3 is 2.33 bits per heavy atom. The van der Waals surface area contributed by atoms with Crippen molar-refractivity contribution in [2.24, 2.45) is 10.4 Å². The van der Waals surface area contributed by atoms with E-state index in [-0.39, 0.29) is 5.41 Å². The van der Waals surface area contributed by atoms with Crippen LogP contribution in [0.4, 0.5) is 11.4 Å². The highest BCUT2D eigenvalue weighted by molar-refractivity contribution is 6.06. The molecule has 0 unspecified atom stereocenters. The lowest BCUT2D eigenvalue weighted by atomic mass is 9.91. The summed E-state index contributed by atoms with van der Waals surface area (Å²) in [6.07, 6.45) is 4.43. The number of anilines is 1. The lowest BCUT2D eigenvalue weighted by Crippen LogP contribution is -2.36. The summed E-state index contributed by atoms with van der Waals surface area (Å²) < 4.78 is 0. The molecule has 0 N–H and O–H groups in total. The van der Waals surface area contributed by atoms with Crippen molar-refractivity contribution in [1.29, 1.82) is 0 Å². The summed E-state index contributed by atoms with van der Waals surface area (Å²) in [5.74, 6) is 1.05. The number of amidine groups is 1. The van der Waals surface area contributed by atoms with E-state index in [1.54, 1.807) is 0 Å². The van der Waals surface area contributed by atoms with Crippen LogP contribution in [-0.2, 0) is 0 Å². The summed E-state index contributed by atoms with van der Waals surface area (Å²) in [5, 5.41) is 0. The molecule has 2 nitrogen and oxygen atoms in total. The third kappa shape index (κ3) is 2.62. The van der Waals surface area contributed by atoms with Crippen LogP contribution in [-0.4, -0.2) is 12.9 Å². The highest BCUT2D eigenvalue weighted by Gasteiger charge is 2.29. The van der Waals surface area contributed by atoms with E-state index in [4.69, 9.17) is 4.99 Å². The molecule has 2 aromatic carbocycles. The Balaban J connectivity index is 2.15. The van der Waals surface area contributed by atoms with Crippen molar-refractivity contribution in [3.63, 3.8) is 0 Å². The SMILES string of the molecule is CN1C(=Nc2ccccc2)C(C)(C)C=Cc2ccccc21. The Morgan fingerprint density at radius 2 is 1.57 bits per heavy atom. The smallest absolute Gasteiger partial charge is 0.118 e. The maximum Gasteiger partial charge on any atom is 0.118 e. The van der Waals surface area contributed by atoms with Gasteiger partial charge >= 0.3 is 0 Å². The van der Waals surface area contributed by atoms with Gasteiger partial charge in [-0.2, -0.15) is 0 Å². The lowest BCUT2D eigenvalue weighted by molar-refractivity contribution is 0.668. The van der Waals surface area contributed by atoms with Crippen molar-refractivity contribution in [2.75, 3.05) is 11.9 Å². The topological polar surface area (TPSA) is 15.6 Å². The third-order valence-electron chi connectivity index (χ3n) is 3.86. The zero-order chi connectivity index (χ0) is 14.9. The Bertz CT molecular complexity index is 697. The minimum atomic E-state index is -0.121. The first-order valence-electron chi connectivity index (χ1n) is 7.24. The fourth-order valence-electron chi connectivity index (χ4n) is 2.70. The van der Waals surface area contributed by atoms with E-state index in [0.717, 1.165) is 11.5 Å². The van der Waals surface area contributed by atoms with Gasteiger partial charge in [0.15, 0.2) is 0 Å². The molecule has 1 aliphatic rings. The molecule has 0 bridgehead atoms. The van der Waals surface area contributed by atoms with Crippen LogP contribution < -0.4 is 4.90 Å². The van der Waals surface area contributed by atoms with Crippen LogP contribution in [0, 0.1) is 5.41 Å². The second kappa shape index (κ2) is 5.21. The molecule has 1 heterocycles. The zero-order valence-electron chi connectivity index (χ0n) is 12.7. The molecule has 1 aliphatic heterocycles. The fraction of sp³-hybridized carbons (Fsp3) is 0.211. The predicted octanol–water partition coefficient (Wildman–Crippen LogP) is 4.91. The van der Waals surface area contributed by atoms with E-state index in [9.17, 15) is 0 Å². The van der Waals surface area contributed by atoms with Gasteiger partial charge < -0.3 is 4.90 Å². The lowest BCUT2D eigenvalue weighted by Gasteiger charge is -2.30. The third-order valence-corrected chi connectivity index (χ3v) is 3.86. The van der Waals surface area contributed by atoms with E-state index in [1.165, 1.54) is 11.3 Å². The van der Waals surface area contributed by atoms with Crippen LogP contribution in [0.2, 0.25) is 0 Å². The summed E-state index contributed by atoms with van der Waals surface area (Å²) in [7, 11) is 2.09. The number of aliphatic imine (C=N–C) groups is 1. The van der Waals surface area contributed by atoms with Crippen molar-refractivity contribution >= 4 is 23.3 Å². The average molecular weight is 276 g/mol. The van der Waals surface area contributed by atoms with Crippen molar-refractivity contribution in [2.45, 2.75) is 13.8 Å². The van der Waals surface area contributed by atoms with Crippen molar-refractivity contribution in [3.05, 3.63) is 66.2 Å². The molecule has 0 saturated carbocycles. The molecule has 21 heavy (non-hydrogen) atoms. The van der Waals surface area contributed by atoms with E-state index < -0.39 is 0 Å². The summed E-state index contributed by atoms with van der Waals surface area (Å²) in [4.78, 5) is 7.10. The van der Waals surface area contributed by atoms with E-state index in [0.29, 0.717) is 0 Å². The number of fused-ring (bicyclic) bond motifs is 1. The van der Waals surface area contributed by atoms with E-state index in [1.807, 2.05) is 30.3 Å². The van der Waals surface area contributed by atoms with Crippen LogP contribution in [0.25, 0.3) is 6.08 Å². The molecule has 0 fully saturated rings. The molecule has 0 aliphatic carbocycles. The highest BCUT2D eigenvalue weighted by atomic mass is 15.2. The van der Waals surface area contributed by atoms with Gasteiger partial charge in [0, 0.05) is 18.2 Å². The van der Waals surface area contributed by atoms with Crippen LogP contribution in [0.15, 0.2) is 65.7 Å². The van der Waals surface area contributed by atoms with Gasteiger partial charge in [0.25, 0.3) is 0 Å². The summed E-state index contributed by atoms with van der Waals surface area (Å²) in [6, 6.07) is 18.6. The predicted molar refractivity (Wildman–Crippen MR) is 91.2 cm³/mol. The average Bonchev–Trinajstić information content (AvgIpc) is 2.59. The van der Waals surface area contributed by atoms with Gasteiger partial charge in [-0.15, -0.1) is 0 Å². The van der Waals surface area contributed by atoms with Gasteiger partial charge in [0.05, 0.1) is 5.69 Å². The summed E-state index contributed by atoms with van der Waals surface area (Å²) >= 11 is 0. The molecule has 3 rings (SSSR count). The fourth-order valence-corrected chi connectivity index (χ4v) is 2.70.